The molecule has 0 unspecified atom stereocenters. The first-order valence-electron chi connectivity index (χ1n) is 5.57. The average Bonchev–Trinajstić information content (AvgIpc) is 2.17. The van der Waals surface area contributed by atoms with Gasteiger partial charge in [-0.2, -0.15) is 0 Å². The number of hydrogen-bond donors (Lipinski definition) is 0. The Balaban J connectivity index is 3.06. The molecule has 0 fully saturated rings. The Morgan fingerprint density at radius 2 is 1.84 bits per heavy atom. The van der Waals surface area contributed by atoms with Gasteiger partial charge in [0, 0.05) is 16.7 Å². The Morgan fingerprint density at radius 1 is 1.26 bits per heavy atom. The van der Waals surface area contributed by atoms with Gasteiger partial charge in [-0.05, 0) is 17.9 Å². The van der Waals surface area contributed by atoms with Gasteiger partial charge in [-0.15, -0.1) is 0 Å². The smallest absolute Gasteiger partial charge is 0.265 e. The fraction of sp³-hybridized carbons (Fsp3) is 0.500. The van der Waals surface area contributed by atoms with Crippen LogP contribution >= 0.6 is 10.7 Å². The SMILES string of the molecule is CC(C)(C)CCOc1c(F)cc(F)cc1S(=O)(=O)Cl. The Labute approximate surface area is 115 Å². The van der Waals surface area contributed by atoms with Crippen molar-refractivity contribution in [1.29, 1.82) is 0 Å². The summed E-state index contributed by atoms with van der Waals surface area (Å²) in [5.41, 5.74) is -0.0590. The van der Waals surface area contributed by atoms with Crippen molar-refractivity contribution in [3.05, 3.63) is 23.8 Å². The summed E-state index contributed by atoms with van der Waals surface area (Å²) in [4.78, 5) is -0.694. The van der Waals surface area contributed by atoms with E-state index < -0.39 is 31.3 Å². The number of rotatable bonds is 4. The van der Waals surface area contributed by atoms with E-state index in [1.807, 2.05) is 20.8 Å². The van der Waals surface area contributed by atoms with E-state index in [4.69, 9.17) is 15.4 Å². The zero-order chi connectivity index (χ0) is 14.8. The number of hydrogen-bond acceptors (Lipinski definition) is 3. The molecule has 0 spiro atoms. The lowest BCUT2D eigenvalue weighted by Gasteiger charge is -2.19. The second kappa shape index (κ2) is 5.63. The van der Waals surface area contributed by atoms with Crippen molar-refractivity contribution in [3.63, 3.8) is 0 Å². The summed E-state index contributed by atoms with van der Waals surface area (Å²) in [6.45, 7) is 5.97. The van der Waals surface area contributed by atoms with Crippen LogP contribution in [0.3, 0.4) is 0 Å². The normalized spacial score (nSPS) is 12.5. The van der Waals surface area contributed by atoms with Crippen LogP contribution in [-0.4, -0.2) is 15.0 Å². The Kier molecular flexibility index (Phi) is 4.79. The summed E-state index contributed by atoms with van der Waals surface area (Å²) in [6.07, 6.45) is 0.575. The van der Waals surface area contributed by atoms with Gasteiger partial charge < -0.3 is 4.74 Å². The Morgan fingerprint density at radius 3 is 2.32 bits per heavy atom. The molecule has 0 heterocycles. The van der Waals surface area contributed by atoms with E-state index in [9.17, 15) is 17.2 Å². The molecule has 7 heteroatoms. The molecule has 1 aromatic rings. The Hall–Kier alpha value is -0.880. The number of benzene rings is 1. The molecule has 0 radical (unpaired) electrons. The fourth-order valence-electron chi connectivity index (χ4n) is 1.32. The molecule has 19 heavy (non-hydrogen) atoms. The van der Waals surface area contributed by atoms with Crippen LogP contribution in [0.2, 0.25) is 0 Å². The van der Waals surface area contributed by atoms with Crippen LogP contribution in [0.1, 0.15) is 27.2 Å². The minimum atomic E-state index is -4.28. The lowest BCUT2D eigenvalue weighted by Crippen LogP contribution is -2.13. The molecule has 0 aliphatic rings. The standard InChI is InChI=1S/C12H15ClF2O3S/c1-12(2,3)4-5-18-11-9(15)6-8(14)7-10(11)19(13,16)17/h6-7H,4-5H2,1-3H3. The van der Waals surface area contributed by atoms with Crippen LogP contribution in [-0.2, 0) is 9.05 Å². The quantitative estimate of drug-likeness (QED) is 0.796. The molecule has 1 rings (SSSR count). The molecule has 0 N–H and O–H groups in total. The van der Waals surface area contributed by atoms with Crippen molar-refractivity contribution in [2.75, 3.05) is 6.61 Å². The predicted octanol–water partition coefficient (Wildman–Crippen LogP) is 3.71. The highest BCUT2D eigenvalue weighted by molar-refractivity contribution is 8.13. The summed E-state index contributed by atoms with van der Waals surface area (Å²) < 4.78 is 54.3. The van der Waals surface area contributed by atoms with E-state index >= 15 is 0 Å². The summed E-state index contributed by atoms with van der Waals surface area (Å²) in [7, 11) is 0.858. The van der Waals surface area contributed by atoms with Crippen LogP contribution < -0.4 is 4.74 Å². The van der Waals surface area contributed by atoms with E-state index in [1.165, 1.54) is 0 Å². The van der Waals surface area contributed by atoms with Gasteiger partial charge in [0.2, 0.25) is 0 Å². The number of halogens is 3. The first kappa shape index (κ1) is 16.2. The van der Waals surface area contributed by atoms with E-state index in [2.05, 4.69) is 0 Å². The van der Waals surface area contributed by atoms with Gasteiger partial charge in [0.15, 0.2) is 11.6 Å². The topological polar surface area (TPSA) is 43.4 Å². The van der Waals surface area contributed by atoms with Crippen molar-refractivity contribution >= 4 is 19.7 Å². The first-order chi connectivity index (χ1) is 8.50. The van der Waals surface area contributed by atoms with Crippen LogP contribution in [0.5, 0.6) is 5.75 Å². The summed E-state index contributed by atoms with van der Waals surface area (Å²) >= 11 is 0. The van der Waals surface area contributed by atoms with Crippen LogP contribution in [0.4, 0.5) is 8.78 Å². The second-order valence-electron chi connectivity index (χ2n) is 5.31. The lowest BCUT2D eigenvalue weighted by atomic mass is 9.93. The first-order valence-corrected chi connectivity index (χ1v) is 7.88. The fourth-order valence-corrected chi connectivity index (χ4v) is 2.29. The molecule has 3 nitrogen and oxygen atoms in total. The molecule has 0 saturated heterocycles. The molecule has 0 atom stereocenters. The largest absolute Gasteiger partial charge is 0.489 e. The van der Waals surface area contributed by atoms with Crippen molar-refractivity contribution in [2.24, 2.45) is 5.41 Å². The minimum absolute atomic E-state index is 0.0590. The molecule has 0 bridgehead atoms. The molecule has 0 aromatic heterocycles. The van der Waals surface area contributed by atoms with E-state index in [0.717, 1.165) is 0 Å². The van der Waals surface area contributed by atoms with Gasteiger partial charge >= 0.3 is 0 Å². The van der Waals surface area contributed by atoms with E-state index in [-0.39, 0.29) is 12.0 Å². The molecule has 108 valence electrons. The van der Waals surface area contributed by atoms with Gasteiger partial charge in [0.05, 0.1) is 6.61 Å². The maximum Gasteiger partial charge on any atom is 0.265 e. The van der Waals surface area contributed by atoms with Gasteiger partial charge in [0.1, 0.15) is 10.7 Å². The maximum atomic E-state index is 13.6. The zero-order valence-corrected chi connectivity index (χ0v) is 12.4. The molecule has 0 saturated carbocycles. The third kappa shape index (κ3) is 4.95. The number of ether oxygens (including phenoxy) is 1. The van der Waals surface area contributed by atoms with Crippen molar-refractivity contribution in [2.45, 2.75) is 32.1 Å². The lowest BCUT2D eigenvalue weighted by molar-refractivity contribution is 0.230. The van der Waals surface area contributed by atoms with Crippen LogP contribution in [0, 0.1) is 17.0 Å². The summed E-state index contributed by atoms with van der Waals surface area (Å²) in [6, 6.07) is 1.19. The summed E-state index contributed by atoms with van der Waals surface area (Å²) in [5, 5.41) is 0. The van der Waals surface area contributed by atoms with Gasteiger partial charge in [0.25, 0.3) is 9.05 Å². The van der Waals surface area contributed by atoms with E-state index in [0.29, 0.717) is 18.6 Å². The van der Waals surface area contributed by atoms with Crippen LogP contribution in [0.25, 0.3) is 0 Å². The molecule has 0 amide bonds. The molecule has 1 aromatic carbocycles. The van der Waals surface area contributed by atoms with Gasteiger partial charge in [-0.1, -0.05) is 20.8 Å². The second-order valence-corrected chi connectivity index (χ2v) is 7.85. The van der Waals surface area contributed by atoms with E-state index in [1.54, 1.807) is 0 Å². The summed E-state index contributed by atoms with van der Waals surface area (Å²) in [5.74, 6) is -2.66. The van der Waals surface area contributed by atoms with Crippen molar-refractivity contribution in [1.82, 2.24) is 0 Å². The van der Waals surface area contributed by atoms with Gasteiger partial charge in [-0.3, -0.25) is 0 Å². The Bertz CT molecular complexity index is 565. The molecular formula is C12H15ClF2O3S. The van der Waals surface area contributed by atoms with Gasteiger partial charge in [-0.25, -0.2) is 17.2 Å². The third-order valence-corrected chi connectivity index (χ3v) is 3.66. The van der Waals surface area contributed by atoms with Crippen molar-refractivity contribution in [3.8, 4) is 5.75 Å². The average molecular weight is 313 g/mol. The zero-order valence-electron chi connectivity index (χ0n) is 10.8. The van der Waals surface area contributed by atoms with Crippen molar-refractivity contribution < 1.29 is 21.9 Å². The molecular weight excluding hydrogens is 298 g/mol. The maximum absolute atomic E-state index is 13.6. The minimum Gasteiger partial charge on any atom is -0.489 e. The third-order valence-electron chi connectivity index (χ3n) is 2.34. The molecule has 0 aliphatic carbocycles. The highest BCUT2D eigenvalue weighted by atomic mass is 35.7. The molecule has 0 aliphatic heterocycles. The monoisotopic (exact) mass is 312 g/mol. The van der Waals surface area contributed by atoms with Crippen LogP contribution in [0.15, 0.2) is 17.0 Å². The highest BCUT2D eigenvalue weighted by Crippen LogP contribution is 2.31. The predicted molar refractivity (Wildman–Crippen MR) is 69.0 cm³/mol. The highest BCUT2D eigenvalue weighted by Gasteiger charge is 2.23.